The number of methoxy groups -OCH3 is 2. The van der Waals surface area contributed by atoms with E-state index in [1.807, 2.05) is 18.2 Å². The quantitative estimate of drug-likeness (QED) is 0.558. The second-order valence-corrected chi connectivity index (χ2v) is 6.90. The summed E-state index contributed by atoms with van der Waals surface area (Å²) in [7, 11) is 3.06. The Labute approximate surface area is 171 Å². The first kappa shape index (κ1) is 20.2. The molecular weight excluding hydrogens is 392 g/mol. The van der Waals surface area contributed by atoms with E-state index in [1.165, 1.54) is 7.11 Å². The van der Waals surface area contributed by atoms with Crippen LogP contribution in [-0.2, 0) is 0 Å². The second kappa shape index (κ2) is 9.07. The number of carbonyl (C=O) groups is 2. The number of anilines is 3. The van der Waals surface area contributed by atoms with Crippen LogP contribution in [0.4, 0.5) is 21.3 Å². The molecule has 3 amide bonds. The van der Waals surface area contributed by atoms with Crippen LogP contribution in [0.2, 0.25) is 0 Å². The number of aromatic nitrogens is 1. The van der Waals surface area contributed by atoms with E-state index in [1.54, 1.807) is 44.4 Å². The SMILES string of the molecule is COc1ccc(NC(=O)c2sc(NC(=O)Nc3ccccc3)nc2C)c(OC)c1. The lowest BCUT2D eigenvalue weighted by Crippen LogP contribution is -2.19. The molecule has 0 unspecified atom stereocenters. The van der Waals surface area contributed by atoms with E-state index in [0.29, 0.717) is 38.6 Å². The van der Waals surface area contributed by atoms with Crippen molar-refractivity contribution < 1.29 is 19.1 Å². The van der Waals surface area contributed by atoms with Crippen LogP contribution in [0.25, 0.3) is 0 Å². The number of aryl methyl sites for hydroxylation is 1. The van der Waals surface area contributed by atoms with Gasteiger partial charge in [-0.15, -0.1) is 0 Å². The normalized spacial score (nSPS) is 10.2. The fourth-order valence-electron chi connectivity index (χ4n) is 2.52. The molecule has 0 spiro atoms. The van der Waals surface area contributed by atoms with Crippen LogP contribution in [-0.4, -0.2) is 31.1 Å². The summed E-state index contributed by atoms with van der Waals surface area (Å²) in [5.74, 6) is 0.741. The van der Waals surface area contributed by atoms with Crippen LogP contribution in [0.5, 0.6) is 11.5 Å². The molecule has 0 atom stereocenters. The fraction of sp³-hybridized carbons (Fsp3) is 0.150. The molecule has 0 aliphatic carbocycles. The number of para-hydroxylation sites is 1. The molecule has 3 N–H and O–H groups in total. The van der Waals surface area contributed by atoms with Gasteiger partial charge in [0, 0.05) is 11.8 Å². The van der Waals surface area contributed by atoms with E-state index in [9.17, 15) is 9.59 Å². The van der Waals surface area contributed by atoms with Crippen molar-refractivity contribution in [3.8, 4) is 11.5 Å². The maximum Gasteiger partial charge on any atom is 0.325 e. The minimum Gasteiger partial charge on any atom is -0.497 e. The third-order valence-corrected chi connectivity index (χ3v) is 4.98. The zero-order chi connectivity index (χ0) is 20.8. The Kier molecular flexibility index (Phi) is 6.30. The molecule has 1 heterocycles. The van der Waals surface area contributed by atoms with Gasteiger partial charge in [0.25, 0.3) is 5.91 Å². The van der Waals surface area contributed by atoms with Gasteiger partial charge in [-0.1, -0.05) is 29.5 Å². The lowest BCUT2D eigenvalue weighted by atomic mass is 10.2. The number of benzene rings is 2. The van der Waals surface area contributed by atoms with Gasteiger partial charge in [-0.3, -0.25) is 10.1 Å². The summed E-state index contributed by atoms with van der Waals surface area (Å²) in [5.41, 5.74) is 1.67. The van der Waals surface area contributed by atoms with Crippen LogP contribution >= 0.6 is 11.3 Å². The number of nitrogens with one attached hydrogen (secondary N) is 3. The maximum absolute atomic E-state index is 12.7. The molecule has 3 rings (SSSR count). The van der Waals surface area contributed by atoms with Crippen molar-refractivity contribution in [1.29, 1.82) is 0 Å². The lowest BCUT2D eigenvalue weighted by Gasteiger charge is -2.11. The first-order valence-electron chi connectivity index (χ1n) is 8.64. The Balaban J connectivity index is 1.69. The Bertz CT molecular complexity index is 1020. The van der Waals surface area contributed by atoms with E-state index in [4.69, 9.17) is 9.47 Å². The molecule has 2 aromatic carbocycles. The molecule has 0 saturated carbocycles. The van der Waals surface area contributed by atoms with E-state index >= 15 is 0 Å². The highest BCUT2D eigenvalue weighted by atomic mass is 32.1. The van der Waals surface area contributed by atoms with Crippen molar-refractivity contribution in [1.82, 2.24) is 4.98 Å². The molecule has 1 aromatic heterocycles. The van der Waals surface area contributed by atoms with Crippen LogP contribution in [0.15, 0.2) is 48.5 Å². The molecule has 0 saturated heterocycles. The summed E-state index contributed by atoms with van der Waals surface area (Å²) in [6, 6.07) is 13.7. The molecule has 0 aliphatic rings. The average molecular weight is 412 g/mol. The lowest BCUT2D eigenvalue weighted by molar-refractivity contribution is 0.102. The van der Waals surface area contributed by atoms with E-state index in [0.717, 1.165) is 11.3 Å². The molecule has 0 radical (unpaired) electrons. The van der Waals surface area contributed by atoms with Gasteiger partial charge in [0.2, 0.25) is 0 Å². The third-order valence-electron chi connectivity index (χ3n) is 3.91. The molecule has 150 valence electrons. The van der Waals surface area contributed by atoms with E-state index in [2.05, 4.69) is 20.9 Å². The standard InChI is InChI=1S/C20H20N4O4S/c1-12-17(18(25)23-15-10-9-14(27-2)11-16(15)28-3)29-20(21-12)24-19(26)22-13-7-5-4-6-8-13/h4-11H,1-3H3,(H,23,25)(H2,21,22,24,26). The molecule has 0 bridgehead atoms. The summed E-state index contributed by atoms with van der Waals surface area (Å²) in [5, 5.41) is 8.47. The number of hydrogen-bond acceptors (Lipinski definition) is 6. The van der Waals surface area contributed by atoms with Gasteiger partial charge in [0.15, 0.2) is 5.13 Å². The highest BCUT2D eigenvalue weighted by molar-refractivity contribution is 7.17. The van der Waals surface area contributed by atoms with Crippen LogP contribution in [0.3, 0.4) is 0 Å². The summed E-state index contributed by atoms with van der Waals surface area (Å²) >= 11 is 1.09. The highest BCUT2D eigenvalue weighted by Crippen LogP contribution is 2.31. The predicted octanol–water partition coefficient (Wildman–Crippen LogP) is 4.37. The first-order valence-corrected chi connectivity index (χ1v) is 9.45. The predicted molar refractivity (Wildman–Crippen MR) is 113 cm³/mol. The molecule has 8 nitrogen and oxygen atoms in total. The maximum atomic E-state index is 12.7. The zero-order valence-electron chi connectivity index (χ0n) is 16.1. The molecule has 9 heteroatoms. The fourth-order valence-corrected chi connectivity index (χ4v) is 3.38. The van der Waals surface area contributed by atoms with Crippen molar-refractivity contribution in [2.75, 3.05) is 30.2 Å². The van der Waals surface area contributed by atoms with Crippen LogP contribution in [0, 0.1) is 6.92 Å². The van der Waals surface area contributed by atoms with Crippen molar-refractivity contribution in [3.63, 3.8) is 0 Å². The Morgan fingerprint density at radius 1 is 0.966 bits per heavy atom. The summed E-state index contributed by atoms with van der Waals surface area (Å²) in [4.78, 5) is 29.5. The van der Waals surface area contributed by atoms with Gasteiger partial charge in [-0.2, -0.15) is 0 Å². The van der Waals surface area contributed by atoms with Gasteiger partial charge >= 0.3 is 6.03 Å². The van der Waals surface area contributed by atoms with E-state index in [-0.39, 0.29) is 5.91 Å². The minimum absolute atomic E-state index is 0.322. The number of carbonyl (C=O) groups excluding carboxylic acids is 2. The minimum atomic E-state index is -0.436. The topological polar surface area (TPSA) is 102 Å². The zero-order valence-corrected chi connectivity index (χ0v) is 16.9. The molecular formula is C20H20N4O4S. The molecule has 0 fully saturated rings. The number of nitrogens with zero attached hydrogens (tertiary/aromatic N) is 1. The van der Waals surface area contributed by atoms with Crippen LogP contribution < -0.4 is 25.4 Å². The largest absolute Gasteiger partial charge is 0.497 e. The number of rotatable bonds is 6. The smallest absolute Gasteiger partial charge is 0.325 e. The van der Waals surface area contributed by atoms with Gasteiger partial charge in [-0.25, -0.2) is 9.78 Å². The van der Waals surface area contributed by atoms with Crippen molar-refractivity contribution in [2.24, 2.45) is 0 Å². The number of ether oxygens (including phenoxy) is 2. The van der Waals surface area contributed by atoms with Gasteiger partial charge < -0.3 is 20.1 Å². The summed E-state index contributed by atoms with van der Waals surface area (Å²) in [6.07, 6.45) is 0. The van der Waals surface area contributed by atoms with Crippen LogP contribution in [0.1, 0.15) is 15.4 Å². The highest BCUT2D eigenvalue weighted by Gasteiger charge is 2.18. The first-order chi connectivity index (χ1) is 14.0. The van der Waals surface area contributed by atoms with Crippen molar-refractivity contribution in [2.45, 2.75) is 6.92 Å². The monoisotopic (exact) mass is 412 g/mol. The molecule has 0 aliphatic heterocycles. The number of urea groups is 1. The molecule has 29 heavy (non-hydrogen) atoms. The Morgan fingerprint density at radius 3 is 2.41 bits per heavy atom. The third kappa shape index (κ3) is 5.02. The van der Waals surface area contributed by atoms with Gasteiger partial charge in [0.05, 0.1) is 25.6 Å². The number of amides is 3. The number of hydrogen-bond donors (Lipinski definition) is 3. The Morgan fingerprint density at radius 2 is 1.72 bits per heavy atom. The Hall–Kier alpha value is -3.59. The van der Waals surface area contributed by atoms with Gasteiger partial charge in [-0.05, 0) is 31.2 Å². The second-order valence-electron chi connectivity index (χ2n) is 5.90. The number of thiazole rings is 1. The average Bonchev–Trinajstić information content (AvgIpc) is 3.08. The van der Waals surface area contributed by atoms with Crippen molar-refractivity contribution in [3.05, 3.63) is 59.1 Å². The van der Waals surface area contributed by atoms with Crippen molar-refractivity contribution >= 4 is 39.8 Å². The summed E-state index contributed by atoms with van der Waals surface area (Å²) in [6.45, 7) is 1.71. The summed E-state index contributed by atoms with van der Waals surface area (Å²) < 4.78 is 10.5. The van der Waals surface area contributed by atoms with E-state index < -0.39 is 6.03 Å². The molecule has 3 aromatic rings. The van der Waals surface area contributed by atoms with Gasteiger partial charge in [0.1, 0.15) is 16.4 Å².